The molecule has 120 valence electrons. The average Bonchev–Trinajstić information content (AvgIpc) is 2.52. The lowest BCUT2D eigenvalue weighted by Gasteiger charge is -2.35. The van der Waals surface area contributed by atoms with E-state index < -0.39 is 5.97 Å². The summed E-state index contributed by atoms with van der Waals surface area (Å²) in [5.74, 6) is -1.17. The molecule has 0 spiro atoms. The van der Waals surface area contributed by atoms with Gasteiger partial charge in [0.1, 0.15) is 11.3 Å². The number of hydrogen-bond donors (Lipinski definition) is 1. The van der Waals surface area contributed by atoms with Crippen molar-refractivity contribution < 1.29 is 19.4 Å². The first kappa shape index (κ1) is 16.6. The number of piperidine rings is 1. The topological polar surface area (TPSA) is 66.8 Å². The molecule has 0 bridgehead atoms. The van der Waals surface area contributed by atoms with E-state index in [-0.39, 0.29) is 29.9 Å². The lowest BCUT2D eigenvalue weighted by molar-refractivity contribution is -0.138. The minimum absolute atomic E-state index is 0.00267. The third-order valence-electron chi connectivity index (χ3n) is 3.93. The summed E-state index contributed by atoms with van der Waals surface area (Å²) >= 11 is 5.71. The maximum absolute atomic E-state index is 12.2. The van der Waals surface area contributed by atoms with Gasteiger partial charge in [0.2, 0.25) is 0 Å². The number of phenols is 1. The summed E-state index contributed by atoms with van der Waals surface area (Å²) in [6.45, 7) is 2.45. The Bertz CT molecular complexity index is 561. The fraction of sp³-hybridized carbons (Fsp3) is 0.500. The normalized spacial score (nSPS) is 18.1. The second-order valence-corrected chi connectivity index (χ2v) is 5.82. The number of hydrogen-bond acceptors (Lipinski definition) is 4. The van der Waals surface area contributed by atoms with Crippen molar-refractivity contribution in [2.24, 2.45) is 0 Å². The number of aromatic hydroxyl groups is 1. The molecular weight excluding hydrogens is 306 g/mol. The first-order valence-corrected chi connectivity index (χ1v) is 7.85. The second-order valence-electron chi connectivity index (χ2n) is 5.38. The standard InChI is InChI=1S/C16H20ClNO4/c1-2-12-5-3-4-8-18(12)15(20)10-22-16(21)13-7-6-11(17)9-14(13)19/h6-7,9,12,19H,2-5,8,10H2,1H3/t12-/m1/s1. The van der Waals surface area contributed by atoms with E-state index in [9.17, 15) is 14.7 Å². The fourth-order valence-electron chi connectivity index (χ4n) is 2.72. The van der Waals surface area contributed by atoms with Crippen molar-refractivity contribution in [3.63, 3.8) is 0 Å². The quantitative estimate of drug-likeness (QED) is 0.864. The highest BCUT2D eigenvalue weighted by molar-refractivity contribution is 6.30. The van der Waals surface area contributed by atoms with E-state index in [0.717, 1.165) is 25.7 Å². The van der Waals surface area contributed by atoms with Gasteiger partial charge in [0.05, 0.1) is 0 Å². The van der Waals surface area contributed by atoms with Gasteiger partial charge in [-0.05, 0) is 43.9 Å². The molecular formula is C16H20ClNO4. The summed E-state index contributed by atoms with van der Waals surface area (Å²) in [5, 5.41) is 10.00. The van der Waals surface area contributed by atoms with E-state index in [1.807, 2.05) is 6.92 Å². The van der Waals surface area contributed by atoms with E-state index in [1.54, 1.807) is 4.90 Å². The molecule has 1 saturated heterocycles. The molecule has 0 aromatic heterocycles. The van der Waals surface area contributed by atoms with E-state index in [0.29, 0.717) is 11.6 Å². The molecule has 5 nitrogen and oxygen atoms in total. The summed E-state index contributed by atoms with van der Waals surface area (Å²) in [6, 6.07) is 4.35. The van der Waals surface area contributed by atoms with E-state index in [2.05, 4.69) is 0 Å². The second kappa shape index (κ2) is 7.49. The van der Waals surface area contributed by atoms with Gasteiger partial charge in [-0.2, -0.15) is 0 Å². The first-order chi connectivity index (χ1) is 10.5. The Labute approximate surface area is 134 Å². The molecule has 0 radical (unpaired) electrons. The van der Waals surface area contributed by atoms with E-state index in [4.69, 9.17) is 16.3 Å². The number of carbonyl (C=O) groups is 2. The van der Waals surface area contributed by atoms with Crippen LogP contribution < -0.4 is 0 Å². The Morgan fingerprint density at radius 1 is 1.41 bits per heavy atom. The maximum atomic E-state index is 12.2. The van der Waals surface area contributed by atoms with Crippen molar-refractivity contribution in [3.05, 3.63) is 28.8 Å². The van der Waals surface area contributed by atoms with Crippen molar-refractivity contribution in [2.75, 3.05) is 13.2 Å². The number of halogens is 1. The van der Waals surface area contributed by atoms with Crippen LogP contribution in [0.5, 0.6) is 5.75 Å². The van der Waals surface area contributed by atoms with Crippen molar-refractivity contribution >= 4 is 23.5 Å². The lowest BCUT2D eigenvalue weighted by Crippen LogP contribution is -2.45. The predicted molar refractivity (Wildman–Crippen MR) is 83.0 cm³/mol. The van der Waals surface area contributed by atoms with Gasteiger partial charge in [0.25, 0.3) is 5.91 Å². The van der Waals surface area contributed by atoms with Gasteiger partial charge >= 0.3 is 5.97 Å². The van der Waals surface area contributed by atoms with Gasteiger partial charge in [-0.25, -0.2) is 4.79 Å². The molecule has 0 unspecified atom stereocenters. The minimum atomic E-state index is -0.729. The van der Waals surface area contributed by atoms with Gasteiger partial charge in [-0.15, -0.1) is 0 Å². The number of rotatable bonds is 4. The van der Waals surface area contributed by atoms with Gasteiger partial charge in [0.15, 0.2) is 6.61 Å². The zero-order valence-electron chi connectivity index (χ0n) is 12.5. The fourth-order valence-corrected chi connectivity index (χ4v) is 2.89. The Hall–Kier alpha value is -1.75. The highest BCUT2D eigenvalue weighted by Gasteiger charge is 2.26. The molecule has 6 heteroatoms. The molecule has 1 aromatic rings. The predicted octanol–water partition coefficient (Wildman–Crippen LogP) is 2.99. The molecule has 1 fully saturated rings. The van der Waals surface area contributed by atoms with Crippen LogP contribution in [0.15, 0.2) is 18.2 Å². The number of carbonyl (C=O) groups excluding carboxylic acids is 2. The average molecular weight is 326 g/mol. The van der Waals surface area contributed by atoms with Gasteiger partial charge in [0, 0.05) is 17.6 Å². The smallest absolute Gasteiger partial charge is 0.342 e. The molecule has 22 heavy (non-hydrogen) atoms. The third-order valence-corrected chi connectivity index (χ3v) is 4.16. The molecule has 1 aliphatic heterocycles. The highest BCUT2D eigenvalue weighted by atomic mass is 35.5. The van der Waals surface area contributed by atoms with Crippen LogP contribution in [0.4, 0.5) is 0 Å². The summed E-state index contributed by atoms with van der Waals surface area (Å²) in [5.41, 5.74) is 0.00267. The zero-order chi connectivity index (χ0) is 16.1. The zero-order valence-corrected chi connectivity index (χ0v) is 13.3. The molecule has 0 saturated carbocycles. The molecule has 1 amide bonds. The van der Waals surface area contributed by atoms with Crippen LogP contribution in [0.1, 0.15) is 43.0 Å². The number of ether oxygens (including phenoxy) is 1. The van der Waals surface area contributed by atoms with Gasteiger partial charge in [-0.3, -0.25) is 4.79 Å². The SMILES string of the molecule is CC[C@@H]1CCCCN1C(=O)COC(=O)c1ccc(Cl)cc1O. The van der Waals surface area contributed by atoms with Gasteiger partial charge < -0.3 is 14.7 Å². The van der Waals surface area contributed by atoms with Crippen LogP contribution in [0.25, 0.3) is 0 Å². The number of benzene rings is 1. The lowest BCUT2D eigenvalue weighted by atomic mass is 10.00. The van der Waals surface area contributed by atoms with E-state index in [1.165, 1.54) is 18.2 Å². The number of phenolic OH excluding ortho intramolecular Hbond substituents is 1. The van der Waals surface area contributed by atoms with Crippen LogP contribution in [-0.2, 0) is 9.53 Å². The Balaban J connectivity index is 1.94. The van der Waals surface area contributed by atoms with Gasteiger partial charge in [-0.1, -0.05) is 18.5 Å². The van der Waals surface area contributed by atoms with Crippen LogP contribution in [0, 0.1) is 0 Å². The van der Waals surface area contributed by atoms with Crippen LogP contribution in [-0.4, -0.2) is 41.1 Å². The number of amides is 1. The monoisotopic (exact) mass is 325 g/mol. The molecule has 2 rings (SSSR count). The summed E-state index contributed by atoms with van der Waals surface area (Å²) < 4.78 is 5.02. The highest BCUT2D eigenvalue weighted by Crippen LogP contribution is 2.23. The third kappa shape index (κ3) is 3.91. The van der Waals surface area contributed by atoms with Crippen LogP contribution >= 0.6 is 11.6 Å². The molecule has 1 atom stereocenters. The van der Waals surface area contributed by atoms with Crippen molar-refractivity contribution in [2.45, 2.75) is 38.6 Å². The van der Waals surface area contributed by atoms with Crippen molar-refractivity contribution in [1.82, 2.24) is 4.90 Å². The number of nitrogens with zero attached hydrogens (tertiary/aromatic N) is 1. The number of likely N-dealkylation sites (tertiary alicyclic amines) is 1. The Morgan fingerprint density at radius 3 is 2.86 bits per heavy atom. The van der Waals surface area contributed by atoms with Crippen molar-refractivity contribution in [1.29, 1.82) is 0 Å². The first-order valence-electron chi connectivity index (χ1n) is 7.48. The maximum Gasteiger partial charge on any atom is 0.342 e. The number of esters is 1. The molecule has 1 aromatic carbocycles. The molecule has 1 N–H and O–H groups in total. The summed E-state index contributed by atoms with van der Waals surface area (Å²) in [6.07, 6.45) is 4.00. The largest absolute Gasteiger partial charge is 0.507 e. The minimum Gasteiger partial charge on any atom is -0.507 e. The van der Waals surface area contributed by atoms with E-state index >= 15 is 0 Å². The summed E-state index contributed by atoms with van der Waals surface area (Å²) in [7, 11) is 0. The summed E-state index contributed by atoms with van der Waals surface area (Å²) in [4.78, 5) is 25.9. The van der Waals surface area contributed by atoms with Crippen LogP contribution in [0.2, 0.25) is 5.02 Å². The van der Waals surface area contributed by atoms with Crippen molar-refractivity contribution in [3.8, 4) is 5.75 Å². The molecule has 1 heterocycles. The van der Waals surface area contributed by atoms with Crippen LogP contribution in [0.3, 0.4) is 0 Å². The Kier molecular flexibility index (Phi) is 5.66. The molecule has 0 aliphatic carbocycles. The molecule has 1 aliphatic rings. The Morgan fingerprint density at radius 2 is 2.18 bits per heavy atom.